The van der Waals surface area contributed by atoms with E-state index in [1.807, 2.05) is 0 Å². The van der Waals surface area contributed by atoms with Gasteiger partial charge < -0.3 is 13.9 Å². The van der Waals surface area contributed by atoms with Gasteiger partial charge in [-0.15, -0.1) is 0 Å². The molecule has 6 heteroatoms. The van der Waals surface area contributed by atoms with Gasteiger partial charge in [0, 0.05) is 24.4 Å². The van der Waals surface area contributed by atoms with Crippen LogP contribution < -0.4 is 10.4 Å². The third kappa shape index (κ3) is 3.23. The maximum absolute atomic E-state index is 11.7. The van der Waals surface area contributed by atoms with Crippen LogP contribution in [0.3, 0.4) is 0 Å². The lowest BCUT2D eigenvalue weighted by Crippen LogP contribution is -2.27. The molecule has 0 saturated carbocycles. The molecule has 1 unspecified atom stereocenters. The Balaban J connectivity index is 2.19. The molecule has 20 heavy (non-hydrogen) atoms. The summed E-state index contributed by atoms with van der Waals surface area (Å²) in [6, 6.07) is 7.54. The minimum absolute atomic E-state index is 0.204. The number of benzene rings is 1. The Labute approximate surface area is 113 Å². The Morgan fingerprint density at radius 3 is 2.60 bits per heavy atom. The van der Waals surface area contributed by atoms with Gasteiger partial charge >= 0.3 is 17.6 Å². The Hall–Kier alpha value is -2.63. The SMILES string of the molecule is CC(=O)OC(C)C(=O)Oc1ccc2ccc(=O)oc2c1. The summed E-state index contributed by atoms with van der Waals surface area (Å²) in [5.74, 6) is -1.08. The monoisotopic (exact) mass is 276 g/mol. The second-order valence-electron chi connectivity index (χ2n) is 4.13. The van der Waals surface area contributed by atoms with E-state index in [4.69, 9.17) is 13.9 Å². The molecule has 0 saturated heterocycles. The van der Waals surface area contributed by atoms with Crippen molar-refractivity contribution in [3.63, 3.8) is 0 Å². The van der Waals surface area contributed by atoms with E-state index in [9.17, 15) is 14.4 Å². The van der Waals surface area contributed by atoms with Gasteiger partial charge in [-0.2, -0.15) is 0 Å². The van der Waals surface area contributed by atoms with Crippen molar-refractivity contribution in [2.24, 2.45) is 0 Å². The lowest BCUT2D eigenvalue weighted by Gasteiger charge is -2.11. The highest BCUT2D eigenvalue weighted by atomic mass is 16.6. The molecule has 0 aliphatic heterocycles. The zero-order valence-corrected chi connectivity index (χ0v) is 10.9. The van der Waals surface area contributed by atoms with Crippen molar-refractivity contribution in [3.05, 3.63) is 40.8 Å². The van der Waals surface area contributed by atoms with Crippen molar-refractivity contribution in [1.82, 2.24) is 0 Å². The largest absolute Gasteiger partial charge is 0.451 e. The highest BCUT2D eigenvalue weighted by Crippen LogP contribution is 2.20. The minimum Gasteiger partial charge on any atom is -0.451 e. The molecule has 0 aliphatic carbocycles. The fourth-order valence-corrected chi connectivity index (χ4v) is 1.60. The predicted molar refractivity (Wildman–Crippen MR) is 69.3 cm³/mol. The Bertz CT molecular complexity index is 715. The topological polar surface area (TPSA) is 82.8 Å². The van der Waals surface area contributed by atoms with E-state index in [0.29, 0.717) is 11.0 Å². The van der Waals surface area contributed by atoms with Crippen LogP contribution in [0.1, 0.15) is 13.8 Å². The first-order chi connectivity index (χ1) is 9.45. The molecule has 0 N–H and O–H groups in total. The van der Waals surface area contributed by atoms with Gasteiger partial charge in [-0.3, -0.25) is 4.79 Å². The lowest BCUT2D eigenvalue weighted by molar-refractivity contribution is -0.159. The summed E-state index contributed by atoms with van der Waals surface area (Å²) in [7, 11) is 0. The van der Waals surface area contributed by atoms with Crippen LogP contribution in [0.25, 0.3) is 11.0 Å². The molecule has 0 spiro atoms. The standard InChI is InChI=1S/C14H12O6/c1-8(18-9(2)15)14(17)19-11-5-3-10-4-6-13(16)20-12(10)7-11/h3-8H,1-2H3. The molecule has 104 valence electrons. The van der Waals surface area contributed by atoms with Crippen molar-refractivity contribution in [2.45, 2.75) is 20.0 Å². The fraction of sp³-hybridized carbons (Fsp3) is 0.214. The normalized spacial score (nSPS) is 11.9. The number of esters is 2. The molecule has 1 atom stereocenters. The fourth-order valence-electron chi connectivity index (χ4n) is 1.60. The number of carbonyl (C=O) groups excluding carboxylic acids is 2. The first-order valence-corrected chi connectivity index (χ1v) is 5.88. The second kappa shape index (κ2) is 5.56. The van der Waals surface area contributed by atoms with Crippen LogP contribution in [0.5, 0.6) is 5.75 Å². The van der Waals surface area contributed by atoms with Gasteiger partial charge in [-0.05, 0) is 25.1 Å². The highest BCUT2D eigenvalue weighted by molar-refractivity contribution is 5.82. The summed E-state index contributed by atoms with van der Waals surface area (Å²) < 4.78 is 14.7. The quantitative estimate of drug-likeness (QED) is 0.481. The number of hydrogen-bond donors (Lipinski definition) is 0. The van der Waals surface area contributed by atoms with Gasteiger partial charge in [-0.25, -0.2) is 9.59 Å². The summed E-state index contributed by atoms with van der Waals surface area (Å²) in [4.78, 5) is 33.5. The van der Waals surface area contributed by atoms with E-state index < -0.39 is 23.7 Å². The minimum atomic E-state index is -1.01. The van der Waals surface area contributed by atoms with Gasteiger partial charge in [0.1, 0.15) is 11.3 Å². The highest BCUT2D eigenvalue weighted by Gasteiger charge is 2.18. The molecule has 0 aliphatic rings. The third-order valence-corrected chi connectivity index (χ3v) is 2.49. The number of rotatable bonds is 3. The van der Waals surface area contributed by atoms with Crippen molar-refractivity contribution in [1.29, 1.82) is 0 Å². The molecule has 0 bridgehead atoms. The molecule has 0 amide bonds. The van der Waals surface area contributed by atoms with Gasteiger partial charge in [0.2, 0.25) is 0 Å². The molecule has 1 aromatic carbocycles. The van der Waals surface area contributed by atoms with Crippen LogP contribution in [0, 0.1) is 0 Å². The van der Waals surface area contributed by atoms with E-state index >= 15 is 0 Å². The average molecular weight is 276 g/mol. The van der Waals surface area contributed by atoms with Crippen molar-refractivity contribution in [3.8, 4) is 5.75 Å². The summed E-state index contributed by atoms with van der Waals surface area (Å²) in [6.45, 7) is 2.61. The van der Waals surface area contributed by atoms with E-state index in [1.54, 1.807) is 18.2 Å². The van der Waals surface area contributed by atoms with Gasteiger partial charge in [0.15, 0.2) is 6.10 Å². The molecule has 0 radical (unpaired) electrons. The van der Waals surface area contributed by atoms with Crippen molar-refractivity contribution < 1.29 is 23.5 Å². The molecule has 0 fully saturated rings. The molecule has 6 nitrogen and oxygen atoms in total. The van der Waals surface area contributed by atoms with Gasteiger partial charge in [-0.1, -0.05) is 0 Å². The van der Waals surface area contributed by atoms with Crippen LogP contribution in [0.15, 0.2) is 39.5 Å². The molecular formula is C14H12O6. The van der Waals surface area contributed by atoms with Crippen LogP contribution in [-0.4, -0.2) is 18.0 Å². The predicted octanol–water partition coefficient (Wildman–Crippen LogP) is 1.65. The summed E-state index contributed by atoms with van der Waals surface area (Å²) in [6.07, 6.45) is -1.01. The number of ether oxygens (including phenoxy) is 2. The van der Waals surface area contributed by atoms with E-state index in [2.05, 4.69) is 0 Å². The number of carbonyl (C=O) groups is 2. The molecule has 2 rings (SSSR count). The second-order valence-corrected chi connectivity index (χ2v) is 4.13. The van der Waals surface area contributed by atoms with Crippen LogP contribution in [0.2, 0.25) is 0 Å². The van der Waals surface area contributed by atoms with E-state index in [1.165, 1.54) is 26.0 Å². The summed E-state index contributed by atoms with van der Waals surface area (Å²) in [5, 5.41) is 0.706. The number of hydrogen-bond acceptors (Lipinski definition) is 6. The first kappa shape index (κ1) is 13.8. The average Bonchev–Trinajstić information content (AvgIpc) is 2.37. The Morgan fingerprint density at radius 1 is 1.20 bits per heavy atom. The van der Waals surface area contributed by atoms with Crippen LogP contribution in [0.4, 0.5) is 0 Å². The zero-order valence-electron chi connectivity index (χ0n) is 10.9. The smallest absolute Gasteiger partial charge is 0.352 e. The maximum atomic E-state index is 11.7. The van der Waals surface area contributed by atoms with Crippen molar-refractivity contribution in [2.75, 3.05) is 0 Å². The molecule has 1 aromatic heterocycles. The van der Waals surface area contributed by atoms with Gasteiger partial charge in [0.25, 0.3) is 0 Å². The summed E-state index contributed by atoms with van der Waals surface area (Å²) in [5.41, 5.74) is -0.183. The van der Waals surface area contributed by atoms with E-state index in [-0.39, 0.29) is 5.75 Å². The Morgan fingerprint density at radius 2 is 1.90 bits per heavy atom. The number of fused-ring (bicyclic) bond motifs is 1. The molecular weight excluding hydrogens is 264 g/mol. The molecule has 1 heterocycles. The lowest BCUT2D eigenvalue weighted by atomic mass is 10.2. The zero-order chi connectivity index (χ0) is 14.7. The first-order valence-electron chi connectivity index (χ1n) is 5.88. The van der Waals surface area contributed by atoms with Crippen LogP contribution >= 0.6 is 0 Å². The van der Waals surface area contributed by atoms with Crippen molar-refractivity contribution >= 4 is 22.9 Å². The van der Waals surface area contributed by atoms with Gasteiger partial charge in [0.05, 0.1) is 0 Å². The molecule has 2 aromatic rings. The van der Waals surface area contributed by atoms with E-state index in [0.717, 1.165) is 0 Å². The maximum Gasteiger partial charge on any atom is 0.352 e. The third-order valence-electron chi connectivity index (χ3n) is 2.49. The van der Waals surface area contributed by atoms with Crippen LogP contribution in [-0.2, 0) is 14.3 Å². The summed E-state index contributed by atoms with van der Waals surface area (Å²) >= 11 is 0. The Kier molecular flexibility index (Phi) is 3.84.